The van der Waals surface area contributed by atoms with Crippen molar-refractivity contribution in [3.63, 3.8) is 0 Å². The Morgan fingerprint density at radius 2 is 1.86 bits per heavy atom. The van der Waals surface area contributed by atoms with E-state index in [-0.39, 0.29) is 0 Å². The summed E-state index contributed by atoms with van der Waals surface area (Å²) in [6.45, 7) is 5.83. The summed E-state index contributed by atoms with van der Waals surface area (Å²) < 4.78 is 0. The molecule has 0 saturated heterocycles. The molecule has 0 fully saturated rings. The van der Waals surface area contributed by atoms with Gasteiger partial charge in [-0.05, 0) is 37.0 Å². The first-order chi connectivity index (χ1) is 6.57. The molecule has 0 heterocycles. The zero-order valence-electron chi connectivity index (χ0n) is 8.99. The molecular weight excluding hydrogens is 176 g/mol. The van der Waals surface area contributed by atoms with E-state index < -0.39 is 12.2 Å². The molecule has 0 saturated carbocycles. The molecule has 0 aliphatic carbocycles. The lowest BCUT2D eigenvalue weighted by molar-refractivity contribution is 0.0161. The highest BCUT2D eigenvalue weighted by Gasteiger charge is 2.18. The molecule has 0 aliphatic heterocycles. The standard InChI is InChI=1S/C12H18O2/c1-4-11(13)12(14)10-7-5-6-8(2)9(10)3/h5-7,11-14H,4H2,1-3H3. The number of rotatable bonds is 3. The number of aliphatic hydroxyl groups excluding tert-OH is 2. The van der Waals surface area contributed by atoms with E-state index in [1.807, 2.05) is 39.0 Å². The van der Waals surface area contributed by atoms with Crippen molar-refractivity contribution in [2.45, 2.75) is 39.4 Å². The number of aryl methyl sites for hydroxylation is 1. The minimum atomic E-state index is -0.764. The molecule has 14 heavy (non-hydrogen) atoms. The highest BCUT2D eigenvalue weighted by atomic mass is 16.3. The first-order valence-corrected chi connectivity index (χ1v) is 5.00. The summed E-state index contributed by atoms with van der Waals surface area (Å²) in [6, 6.07) is 5.78. The lowest BCUT2D eigenvalue weighted by Crippen LogP contribution is -2.18. The van der Waals surface area contributed by atoms with Gasteiger partial charge < -0.3 is 10.2 Å². The first kappa shape index (κ1) is 11.2. The van der Waals surface area contributed by atoms with Crippen LogP contribution in [0.5, 0.6) is 0 Å². The smallest absolute Gasteiger partial charge is 0.105 e. The Bertz CT molecular complexity index is 307. The van der Waals surface area contributed by atoms with Crippen molar-refractivity contribution in [3.8, 4) is 0 Å². The Hall–Kier alpha value is -0.860. The second kappa shape index (κ2) is 4.58. The van der Waals surface area contributed by atoms with Crippen LogP contribution in [0.3, 0.4) is 0 Å². The van der Waals surface area contributed by atoms with Gasteiger partial charge in [0.2, 0.25) is 0 Å². The lowest BCUT2D eigenvalue weighted by atomic mass is 9.95. The maximum Gasteiger partial charge on any atom is 0.105 e. The third-order valence-corrected chi connectivity index (χ3v) is 2.75. The molecule has 1 rings (SSSR count). The molecule has 0 radical (unpaired) electrons. The van der Waals surface area contributed by atoms with Gasteiger partial charge in [-0.15, -0.1) is 0 Å². The van der Waals surface area contributed by atoms with Crippen molar-refractivity contribution in [2.24, 2.45) is 0 Å². The van der Waals surface area contributed by atoms with Crippen molar-refractivity contribution in [1.82, 2.24) is 0 Å². The van der Waals surface area contributed by atoms with E-state index in [1.165, 1.54) is 0 Å². The minimum absolute atomic E-state index is 0.564. The van der Waals surface area contributed by atoms with Gasteiger partial charge in [-0.2, -0.15) is 0 Å². The van der Waals surface area contributed by atoms with Gasteiger partial charge in [-0.3, -0.25) is 0 Å². The van der Waals surface area contributed by atoms with Gasteiger partial charge >= 0.3 is 0 Å². The Kier molecular flexibility index (Phi) is 3.67. The van der Waals surface area contributed by atoms with Crippen LogP contribution in [0.1, 0.15) is 36.1 Å². The van der Waals surface area contributed by atoms with Crippen LogP contribution < -0.4 is 0 Å². The summed E-state index contributed by atoms with van der Waals surface area (Å²) in [5, 5.41) is 19.4. The van der Waals surface area contributed by atoms with Gasteiger partial charge in [0, 0.05) is 0 Å². The normalized spacial score (nSPS) is 15.2. The zero-order valence-corrected chi connectivity index (χ0v) is 8.99. The molecule has 2 nitrogen and oxygen atoms in total. The molecular formula is C12H18O2. The molecule has 2 atom stereocenters. The number of benzene rings is 1. The summed E-state index contributed by atoms with van der Waals surface area (Å²) in [5.74, 6) is 0. The predicted molar refractivity (Wildman–Crippen MR) is 57.2 cm³/mol. The predicted octanol–water partition coefficient (Wildman–Crippen LogP) is 2.11. The van der Waals surface area contributed by atoms with Crippen molar-refractivity contribution in [3.05, 3.63) is 34.9 Å². The Morgan fingerprint density at radius 1 is 1.21 bits per heavy atom. The van der Waals surface area contributed by atoms with Crippen molar-refractivity contribution in [1.29, 1.82) is 0 Å². The Balaban J connectivity index is 3.01. The van der Waals surface area contributed by atoms with Gasteiger partial charge in [0.05, 0.1) is 6.10 Å². The average molecular weight is 194 g/mol. The van der Waals surface area contributed by atoms with Crippen LogP contribution in [0.4, 0.5) is 0 Å². The zero-order chi connectivity index (χ0) is 10.7. The largest absolute Gasteiger partial charge is 0.390 e. The quantitative estimate of drug-likeness (QED) is 0.773. The molecule has 0 bridgehead atoms. The van der Waals surface area contributed by atoms with Gasteiger partial charge in [-0.1, -0.05) is 25.1 Å². The number of hydrogen-bond donors (Lipinski definition) is 2. The first-order valence-electron chi connectivity index (χ1n) is 5.00. The van der Waals surface area contributed by atoms with Crippen molar-refractivity contribution < 1.29 is 10.2 Å². The summed E-state index contributed by atoms with van der Waals surface area (Å²) in [6.07, 6.45) is -0.871. The van der Waals surface area contributed by atoms with Gasteiger partial charge in [0.25, 0.3) is 0 Å². The maximum atomic E-state index is 9.84. The fourth-order valence-electron chi connectivity index (χ4n) is 1.52. The molecule has 0 aliphatic rings. The topological polar surface area (TPSA) is 40.5 Å². The summed E-state index contributed by atoms with van der Waals surface area (Å²) in [5.41, 5.74) is 3.04. The lowest BCUT2D eigenvalue weighted by Gasteiger charge is -2.19. The Labute approximate surface area is 85.2 Å². The fourth-order valence-corrected chi connectivity index (χ4v) is 1.52. The van der Waals surface area contributed by atoms with Gasteiger partial charge in [-0.25, -0.2) is 0 Å². The Morgan fingerprint density at radius 3 is 2.43 bits per heavy atom. The van der Waals surface area contributed by atoms with E-state index in [9.17, 15) is 10.2 Å². The molecule has 78 valence electrons. The van der Waals surface area contributed by atoms with Crippen molar-refractivity contribution >= 4 is 0 Å². The molecule has 1 aromatic rings. The molecule has 0 spiro atoms. The monoisotopic (exact) mass is 194 g/mol. The van der Waals surface area contributed by atoms with E-state index in [0.29, 0.717) is 6.42 Å². The van der Waals surface area contributed by atoms with E-state index in [0.717, 1.165) is 16.7 Å². The summed E-state index contributed by atoms with van der Waals surface area (Å²) in [7, 11) is 0. The van der Waals surface area contributed by atoms with Crippen LogP contribution in [0, 0.1) is 13.8 Å². The van der Waals surface area contributed by atoms with Crippen LogP contribution in [0.2, 0.25) is 0 Å². The SMILES string of the molecule is CCC(O)C(O)c1cccc(C)c1C. The molecule has 0 amide bonds. The van der Waals surface area contributed by atoms with Gasteiger partial charge in [0.15, 0.2) is 0 Å². The second-order valence-electron chi connectivity index (χ2n) is 3.71. The van der Waals surface area contributed by atoms with E-state index in [2.05, 4.69) is 0 Å². The molecule has 2 N–H and O–H groups in total. The number of hydrogen-bond acceptors (Lipinski definition) is 2. The average Bonchev–Trinajstić information content (AvgIpc) is 2.20. The van der Waals surface area contributed by atoms with Crippen LogP contribution >= 0.6 is 0 Å². The van der Waals surface area contributed by atoms with E-state index in [1.54, 1.807) is 0 Å². The fraction of sp³-hybridized carbons (Fsp3) is 0.500. The maximum absolute atomic E-state index is 9.84. The third kappa shape index (κ3) is 2.14. The van der Waals surface area contributed by atoms with Crippen molar-refractivity contribution in [2.75, 3.05) is 0 Å². The second-order valence-corrected chi connectivity index (χ2v) is 3.71. The minimum Gasteiger partial charge on any atom is -0.390 e. The third-order valence-electron chi connectivity index (χ3n) is 2.75. The molecule has 2 unspecified atom stereocenters. The van der Waals surface area contributed by atoms with E-state index in [4.69, 9.17) is 0 Å². The molecule has 2 heteroatoms. The molecule has 1 aromatic carbocycles. The highest BCUT2D eigenvalue weighted by Crippen LogP contribution is 2.23. The van der Waals surface area contributed by atoms with Crippen LogP contribution in [0.15, 0.2) is 18.2 Å². The van der Waals surface area contributed by atoms with Crippen LogP contribution in [-0.4, -0.2) is 16.3 Å². The van der Waals surface area contributed by atoms with Gasteiger partial charge in [0.1, 0.15) is 6.10 Å². The number of aliphatic hydroxyl groups is 2. The molecule has 0 aromatic heterocycles. The van der Waals surface area contributed by atoms with E-state index >= 15 is 0 Å². The summed E-state index contributed by atoms with van der Waals surface area (Å²) in [4.78, 5) is 0. The highest BCUT2D eigenvalue weighted by molar-refractivity contribution is 5.34. The van der Waals surface area contributed by atoms with Crippen LogP contribution in [-0.2, 0) is 0 Å². The summed E-state index contributed by atoms with van der Waals surface area (Å²) >= 11 is 0. The van der Waals surface area contributed by atoms with Crippen LogP contribution in [0.25, 0.3) is 0 Å².